The first-order valence-electron chi connectivity index (χ1n) is 10.9. The highest BCUT2D eigenvalue weighted by Gasteiger charge is 2.25. The Bertz CT molecular complexity index is 1080. The van der Waals surface area contributed by atoms with E-state index in [1.807, 2.05) is 11.4 Å². The third-order valence-corrected chi connectivity index (χ3v) is 7.66. The zero-order chi connectivity index (χ0) is 24.0. The fraction of sp³-hybridized carbons (Fsp3) is 0.455. The van der Waals surface area contributed by atoms with Crippen LogP contribution in [0, 0.1) is 0 Å². The van der Waals surface area contributed by atoms with Crippen LogP contribution in [0.3, 0.4) is 0 Å². The third kappa shape index (κ3) is 6.70. The Morgan fingerprint density at radius 1 is 1.24 bits per heavy atom. The Kier molecular flexibility index (Phi) is 9.57. The minimum absolute atomic E-state index is 0.132. The summed E-state index contributed by atoms with van der Waals surface area (Å²) in [5.41, 5.74) is 1.59. The molecule has 3 aromatic rings. The Hall–Kier alpha value is -1.65. The predicted octanol–water partition coefficient (Wildman–Crippen LogP) is 4.83. The molecule has 0 unspecified atom stereocenters. The molecule has 178 valence electrons. The minimum Gasteiger partial charge on any atom is -0.331 e. The van der Waals surface area contributed by atoms with Gasteiger partial charge >= 0.3 is 0 Å². The Balaban J connectivity index is 1.65. The summed E-state index contributed by atoms with van der Waals surface area (Å²) in [5.74, 6) is 1.09. The molecule has 0 spiro atoms. The molecule has 1 amide bonds. The summed E-state index contributed by atoms with van der Waals surface area (Å²) in [6.45, 7) is 5.18. The highest BCUT2D eigenvalue weighted by atomic mass is 35.5. The first kappa shape index (κ1) is 26.0. The first-order valence-corrected chi connectivity index (χ1v) is 13.5. The number of nitrogens with one attached hydrogen (secondary N) is 2. The van der Waals surface area contributed by atoms with Gasteiger partial charge in [-0.05, 0) is 18.6 Å². The van der Waals surface area contributed by atoms with E-state index in [0.29, 0.717) is 15.2 Å². The number of hydrogen-bond donors (Lipinski definition) is 2. The Labute approximate surface area is 212 Å². The van der Waals surface area contributed by atoms with Crippen LogP contribution in [-0.2, 0) is 11.3 Å². The summed E-state index contributed by atoms with van der Waals surface area (Å²) in [6.07, 6.45) is 3.10. The molecular weight excluding hydrogens is 499 g/mol. The van der Waals surface area contributed by atoms with Gasteiger partial charge in [-0.1, -0.05) is 61.3 Å². The summed E-state index contributed by atoms with van der Waals surface area (Å²) < 4.78 is 2.17. The van der Waals surface area contributed by atoms with Crippen molar-refractivity contribution in [1.82, 2.24) is 19.7 Å². The predicted molar refractivity (Wildman–Crippen MR) is 138 cm³/mol. The largest absolute Gasteiger partial charge is 0.331 e. The molecule has 0 radical (unpaired) electrons. The number of hydrogen-bond acceptors (Lipinski definition) is 6. The number of amides is 1. The van der Waals surface area contributed by atoms with Crippen molar-refractivity contribution in [2.45, 2.75) is 50.9 Å². The molecule has 0 aliphatic carbocycles. The second-order valence-corrected chi connectivity index (χ2v) is 10.5. The van der Waals surface area contributed by atoms with Gasteiger partial charge < -0.3 is 14.8 Å². The SMILES string of the molecule is CCCCn1c(SCC(=O)Nc2nc(-c3ccc(Cl)c(Cl)c3)cs2)nnc1[C@@H](CC)[NH+](C)C. The number of carbonyl (C=O) groups is 1. The number of thioether (sulfide) groups is 1. The lowest BCUT2D eigenvalue weighted by atomic mass is 10.2. The zero-order valence-electron chi connectivity index (χ0n) is 19.2. The number of aromatic nitrogens is 4. The first-order chi connectivity index (χ1) is 15.8. The van der Waals surface area contributed by atoms with E-state index in [4.69, 9.17) is 23.2 Å². The molecule has 0 saturated heterocycles. The lowest BCUT2D eigenvalue weighted by molar-refractivity contribution is -0.893. The molecule has 1 atom stereocenters. The minimum atomic E-state index is -0.132. The van der Waals surface area contributed by atoms with Crippen LogP contribution in [-0.4, -0.2) is 45.5 Å². The van der Waals surface area contributed by atoms with Crippen molar-refractivity contribution in [3.8, 4) is 11.3 Å². The normalized spacial score (nSPS) is 12.3. The topological polar surface area (TPSA) is 77.1 Å². The fourth-order valence-electron chi connectivity index (χ4n) is 3.44. The van der Waals surface area contributed by atoms with Gasteiger partial charge in [0.25, 0.3) is 0 Å². The van der Waals surface area contributed by atoms with E-state index in [0.717, 1.165) is 48.0 Å². The van der Waals surface area contributed by atoms with Crippen LogP contribution in [0.2, 0.25) is 10.0 Å². The molecule has 11 heteroatoms. The highest BCUT2D eigenvalue weighted by molar-refractivity contribution is 7.99. The molecule has 0 aliphatic rings. The molecule has 1 aromatic carbocycles. The summed E-state index contributed by atoms with van der Waals surface area (Å²) >= 11 is 14.9. The second-order valence-electron chi connectivity index (χ2n) is 7.89. The Morgan fingerprint density at radius 2 is 2.03 bits per heavy atom. The van der Waals surface area contributed by atoms with E-state index in [-0.39, 0.29) is 17.7 Å². The van der Waals surface area contributed by atoms with Crippen LogP contribution in [0.4, 0.5) is 5.13 Å². The summed E-state index contributed by atoms with van der Waals surface area (Å²) in [4.78, 5) is 18.4. The van der Waals surface area contributed by atoms with Crippen molar-refractivity contribution >= 4 is 57.3 Å². The molecule has 0 fully saturated rings. The average Bonchev–Trinajstić information content (AvgIpc) is 3.40. The van der Waals surface area contributed by atoms with Crippen LogP contribution >= 0.6 is 46.3 Å². The van der Waals surface area contributed by atoms with Crippen molar-refractivity contribution in [2.75, 3.05) is 25.2 Å². The van der Waals surface area contributed by atoms with E-state index in [9.17, 15) is 4.79 Å². The maximum Gasteiger partial charge on any atom is 0.236 e. The van der Waals surface area contributed by atoms with Gasteiger partial charge in [0, 0.05) is 23.9 Å². The van der Waals surface area contributed by atoms with Gasteiger partial charge in [0.05, 0.1) is 35.6 Å². The lowest BCUT2D eigenvalue weighted by Crippen LogP contribution is -3.06. The van der Waals surface area contributed by atoms with Gasteiger partial charge in [0.1, 0.15) is 6.04 Å². The Morgan fingerprint density at radius 3 is 2.70 bits per heavy atom. The van der Waals surface area contributed by atoms with Crippen molar-refractivity contribution in [3.05, 3.63) is 39.4 Å². The highest BCUT2D eigenvalue weighted by Crippen LogP contribution is 2.30. The number of carbonyl (C=O) groups excluding carboxylic acids is 1. The zero-order valence-corrected chi connectivity index (χ0v) is 22.3. The summed E-state index contributed by atoms with van der Waals surface area (Å²) in [7, 11) is 4.26. The molecule has 7 nitrogen and oxygen atoms in total. The molecule has 0 bridgehead atoms. The number of anilines is 1. The van der Waals surface area contributed by atoms with Crippen LogP contribution in [0.5, 0.6) is 0 Å². The number of thiazole rings is 1. The van der Waals surface area contributed by atoms with Gasteiger partial charge in [0.15, 0.2) is 16.1 Å². The maximum atomic E-state index is 12.6. The number of rotatable bonds is 11. The second kappa shape index (κ2) is 12.2. The van der Waals surface area contributed by atoms with Gasteiger partial charge in [-0.2, -0.15) is 0 Å². The summed E-state index contributed by atoms with van der Waals surface area (Å²) in [6, 6.07) is 5.62. The standard InChI is InChI=1S/C22H28Cl2N6OS2/c1-5-7-10-30-20(18(6-2)29(3)4)27-28-22(30)33-13-19(31)26-21-25-17(12-32-21)14-8-9-15(23)16(24)11-14/h8-9,11-12,18H,5-7,10,13H2,1-4H3,(H,25,26,31)/p+1/t18-/m1/s1. The van der Waals surface area contributed by atoms with Gasteiger partial charge in [-0.15, -0.1) is 21.5 Å². The quantitative estimate of drug-likeness (QED) is 0.349. The van der Waals surface area contributed by atoms with Gasteiger partial charge in [0.2, 0.25) is 5.91 Å². The van der Waals surface area contributed by atoms with Gasteiger partial charge in [-0.3, -0.25) is 4.79 Å². The van der Waals surface area contributed by atoms with E-state index >= 15 is 0 Å². The molecule has 3 rings (SSSR count). The molecule has 0 aliphatic heterocycles. The van der Waals surface area contributed by atoms with E-state index in [1.54, 1.807) is 12.1 Å². The number of quaternary nitrogens is 1. The molecule has 33 heavy (non-hydrogen) atoms. The van der Waals surface area contributed by atoms with E-state index in [1.165, 1.54) is 28.0 Å². The van der Waals surface area contributed by atoms with E-state index in [2.05, 4.69) is 53.0 Å². The monoisotopic (exact) mass is 527 g/mol. The maximum absolute atomic E-state index is 12.6. The molecule has 0 saturated carbocycles. The molecule has 2 aromatic heterocycles. The number of nitrogens with zero attached hydrogens (tertiary/aromatic N) is 4. The number of halogens is 2. The van der Waals surface area contributed by atoms with Crippen molar-refractivity contribution < 1.29 is 9.69 Å². The summed E-state index contributed by atoms with van der Waals surface area (Å²) in [5, 5.41) is 15.9. The fourth-order valence-corrected chi connectivity index (χ4v) is 5.25. The van der Waals surface area contributed by atoms with Gasteiger partial charge in [-0.25, -0.2) is 4.98 Å². The number of unbranched alkanes of at least 4 members (excludes halogenated alkanes) is 1. The molecule has 2 heterocycles. The molecule has 2 N–H and O–H groups in total. The third-order valence-electron chi connectivity index (χ3n) is 5.20. The van der Waals surface area contributed by atoms with Crippen LogP contribution in [0.15, 0.2) is 28.7 Å². The van der Waals surface area contributed by atoms with Crippen LogP contribution < -0.4 is 10.2 Å². The molecular formula is C22H29Cl2N6OS2+. The van der Waals surface area contributed by atoms with Crippen LogP contribution in [0.25, 0.3) is 11.3 Å². The van der Waals surface area contributed by atoms with Crippen molar-refractivity contribution in [3.63, 3.8) is 0 Å². The van der Waals surface area contributed by atoms with Crippen molar-refractivity contribution in [2.24, 2.45) is 0 Å². The smallest absolute Gasteiger partial charge is 0.236 e. The van der Waals surface area contributed by atoms with Crippen molar-refractivity contribution in [1.29, 1.82) is 0 Å². The van der Waals surface area contributed by atoms with E-state index < -0.39 is 0 Å². The number of benzene rings is 1. The average molecular weight is 529 g/mol. The van der Waals surface area contributed by atoms with Crippen LogP contribution in [0.1, 0.15) is 45.0 Å². The lowest BCUT2D eigenvalue weighted by Gasteiger charge is -2.20.